The van der Waals surface area contributed by atoms with Crippen molar-refractivity contribution >= 4 is 16.6 Å². The fraction of sp³-hybridized carbons (Fsp3) is 0.448. The molecule has 37 heavy (non-hydrogen) atoms. The summed E-state index contributed by atoms with van der Waals surface area (Å²) < 4.78 is 1.86. The number of aromatic nitrogens is 5. The van der Waals surface area contributed by atoms with E-state index in [1.807, 2.05) is 10.7 Å². The molecule has 0 aliphatic carbocycles. The fourth-order valence-electron chi connectivity index (χ4n) is 5.39. The van der Waals surface area contributed by atoms with E-state index < -0.39 is 0 Å². The fourth-order valence-corrected chi connectivity index (χ4v) is 5.39. The van der Waals surface area contributed by atoms with E-state index in [9.17, 15) is 4.79 Å². The zero-order valence-corrected chi connectivity index (χ0v) is 23.0. The summed E-state index contributed by atoms with van der Waals surface area (Å²) in [6, 6.07) is 12.4. The van der Waals surface area contributed by atoms with Gasteiger partial charge in [0.15, 0.2) is 5.82 Å². The van der Waals surface area contributed by atoms with Gasteiger partial charge in [0.25, 0.3) is 5.56 Å². The smallest absolute Gasteiger partial charge is 0.253 e. The van der Waals surface area contributed by atoms with Gasteiger partial charge in [0, 0.05) is 37.4 Å². The molecule has 1 fully saturated rings. The van der Waals surface area contributed by atoms with E-state index in [0.717, 1.165) is 48.2 Å². The van der Waals surface area contributed by atoms with E-state index in [-0.39, 0.29) is 17.1 Å². The first-order valence-electron chi connectivity index (χ1n) is 13.0. The first-order valence-corrected chi connectivity index (χ1v) is 13.0. The van der Waals surface area contributed by atoms with Gasteiger partial charge in [-0.1, -0.05) is 24.3 Å². The summed E-state index contributed by atoms with van der Waals surface area (Å²) >= 11 is 0. The lowest BCUT2D eigenvalue weighted by atomic mass is 9.99. The number of tetrazole rings is 1. The van der Waals surface area contributed by atoms with Crippen molar-refractivity contribution in [3.05, 3.63) is 80.4 Å². The van der Waals surface area contributed by atoms with E-state index >= 15 is 0 Å². The Hall–Kier alpha value is -3.52. The van der Waals surface area contributed by atoms with Crippen LogP contribution in [0.5, 0.6) is 0 Å². The normalized spacial score (nSPS) is 15.9. The Morgan fingerprint density at radius 3 is 2.32 bits per heavy atom. The largest absolute Gasteiger partial charge is 0.369 e. The summed E-state index contributed by atoms with van der Waals surface area (Å²) in [5, 5.41) is 13.9. The molecule has 1 aliphatic heterocycles. The Balaban J connectivity index is 1.57. The second-order valence-corrected chi connectivity index (χ2v) is 11.3. The van der Waals surface area contributed by atoms with Crippen LogP contribution in [0.2, 0.25) is 0 Å². The highest BCUT2D eigenvalue weighted by atomic mass is 16.1. The topological polar surface area (TPSA) is 82.9 Å². The van der Waals surface area contributed by atoms with Gasteiger partial charge < -0.3 is 9.88 Å². The van der Waals surface area contributed by atoms with Crippen LogP contribution in [0.15, 0.2) is 41.2 Å². The average molecular weight is 500 g/mol. The molecule has 194 valence electrons. The molecule has 0 spiro atoms. The van der Waals surface area contributed by atoms with E-state index in [1.54, 1.807) is 0 Å². The van der Waals surface area contributed by atoms with Crippen LogP contribution in [-0.4, -0.2) is 56.3 Å². The van der Waals surface area contributed by atoms with Gasteiger partial charge in [-0.15, -0.1) is 5.10 Å². The summed E-state index contributed by atoms with van der Waals surface area (Å²) in [4.78, 5) is 21.6. The van der Waals surface area contributed by atoms with E-state index in [1.165, 1.54) is 16.8 Å². The van der Waals surface area contributed by atoms with E-state index in [4.69, 9.17) is 0 Å². The molecule has 0 radical (unpaired) electrons. The molecule has 2 aromatic carbocycles. The summed E-state index contributed by atoms with van der Waals surface area (Å²) in [6.45, 7) is 18.0. The molecule has 0 amide bonds. The zero-order chi connectivity index (χ0) is 26.5. The maximum atomic E-state index is 13.6. The van der Waals surface area contributed by atoms with Crippen LogP contribution in [0.25, 0.3) is 10.9 Å². The number of H-pyrrole nitrogens is 1. The zero-order valence-electron chi connectivity index (χ0n) is 23.0. The van der Waals surface area contributed by atoms with Crippen LogP contribution in [0, 0.1) is 27.7 Å². The highest BCUT2D eigenvalue weighted by Crippen LogP contribution is 2.32. The Labute approximate surface area is 218 Å². The van der Waals surface area contributed by atoms with Crippen molar-refractivity contribution in [2.24, 2.45) is 0 Å². The maximum Gasteiger partial charge on any atom is 0.253 e. The van der Waals surface area contributed by atoms with Crippen LogP contribution in [0.1, 0.15) is 60.5 Å². The van der Waals surface area contributed by atoms with Crippen molar-refractivity contribution < 1.29 is 0 Å². The predicted octanol–water partition coefficient (Wildman–Crippen LogP) is 4.41. The summed E-state index contributed by atoms with van der Waals surface area (Å²) in [6.07, 6.45) is 0. The van der Waals surface area contributed by atoms with Gasteiger partial charge in [-0.2, -0.15) is 0 Å². The van der Waals surface area contributed by atoms with Gasteiger partial charge in [0.2, 0.25) is 0 Å². The number of nitrogens with one attached hydrogen (secondary N) is 1. The minimum Gasteiger partial charge on any atom is -0.369 e. The summed E-state index contributed by atoms with van der Waals surface area (Å²) in [7, 11) is 0. The molecule has 1 aliphatic rings. The van der Waals surface area contributed by atoms with Crippen LogP contribution in [0.4, 0.5) is 5.69 Å². The third-order valence-corrected chi connectivity index (χ3v) is 7.84. The molecule has 8 heteroatoms. The number of hydrogen-bond donors (Lipinski definition) is 1. The maximum absolute atomic E-state index is 13.6. The number of benzene rings is 2. The molecule has 0 unspecified atom stereocenters. The molecule has 1 atom stereocenters. The number of fused-ring (bicyclic) bond motifs is 1. The quantitative estimate of drug-likeness (QED) is 0.448. The highest BCUT2D eigenvalue weighted by molar-refractivity contribution is 5.83. The van der Waals surface area contributed by atoms with Crippen molar-refractivity contribution in [2.45, 2.75) is 60.0 Å². The van der Waals surface area contributed by atoms with Crippen molar-refractivity contribution in [2.75, 3.05) is 31.1 Å². The van der Waals surface area contributed by atoms with Gasteiger partial charge in [-0.25, -0.2) is 4.68 Å². The number of aryl methyl sites for hydroxylation is 3. The van der Waals surface area contributed by atoms with Crippen LogP contribution >= 0.6 is 0 Å². The Morgan fingerprint density at radius 1 is 0.919 bits per heavy atom. The molecule has 5 rings (SSSR count). The van der Waals surface area contributed by atoms with Gasteiger partial charge in [0.05, 0.1) is 11.1 Å². The second-order valence-electron chi connectivity index (χ2n) is 11.3. The van der Waals surface area contributed by atoms with Crippen LogP contribution < -0.4 is 10.5 Å². The summed E-state index contributed by atoms with van der Waals surface area (Å²) in [5.74, 6) is 0.696. The van der Waals surface area contributed by atoms with Gasteiger partial charge >= 0.3 is 0 Å². The minimum atomic E-state index is -0.357. The predicted molar refractivity (Wildman–Crippen MR) is 148 cm³/mol. The molecule has 0 bridgehead atoms. The molecule has 3 heterocycles. The molecule has 8 nitrogen and oxygen atoms in total. The van der Waals surface area contributed by atoms with Gasteiger partial charge in [-0.05, 0) is 98.7 Å². The van der Waals surface area contributed by atoms with E-state index in [0.29, 0.717) is 11.4 Å². The summed E-state index contributed by atoms with van der Waals surface area (Å²) in [5.41, 5.74) is 7.31. The van der Waals surface area contributed by atoms with Crippen LogP contribution in [-0.2, 0) is 5.54 Å². The standard InChI is InChI=1S/C29H37N7O/c1-18-9-8-10-24(20(18)3)34-13-15-35(16-14-34)26(27-31-32-33-36(27)29(5,6)7)23-17-22-12-11-19(2)21(4)25(22)30-28(23)37/h8-12,17,26H,13-16H2,1-7H3,(H,30,37)/t26-/m1/s1. The SMILES string of the molecule is Cc1cccc(N2CCN([C@H](c3cc4ccc(C)c(C)c4[nH]c3=O)c3nnnn3C(C)(C)C)CC2)c1C. The number of aromatic amines is 1. The number of piperazine rings is 1. The van der Waals surface area contributed by atoms with Crippen molar-refractivity contribution in [1.82, 2.24) is 30.1 Å². The van der Waals surface area contributed by atoms with Crippen molar-refractivity contribution in [3.63, 3.8) is 0 Å². The third-order valence-electron chi connectivity index (χ3n) is 7.84. The first-order chi connectivity index (χ1) is 17.6. The molecule has 1 saturated heterocycles. The lowest BCUT2D eigenvalue weighted by molar-refractivity contribution is 0.190. The average Bonchev–Trinajstić information content (AvgIpc) is 3.35. The number of nitrogens with zero attached hydrogens (tertiary/aromatic N) is 6. The number of hydrogen-bond acceptors (Lipinski definition) is 6. The van der Waals surface area contributed by atoms with E-state index in [2.05, 4.69) is 109 Å². The van der Waals surface area contributed by atoms with Gasteiger partial charge in [-0.3, -0.25) is 9.69 Å². The Kier molecular flexibility index (Phi) is 6.40. The second kappa shape index (κ2) is 9.41. The van der Waals surface area contributed by atoms with Crippen molar-refractivity contribution in [1.29, 1.82) is 0 Å². The number of rotatable bonds is 4. The molecule has 4 aromatic rings. The van der Waals surface area contributed by atoms with Crippen molar-refractivity contribution in [3.8, 4) is 0 Å². The minimum absolute atomic E-state index is 0.0911. The van der Waals surface area contributed by atoms with Crippen LogP contribution in [0.3, 0.4) is 0 Å². The Bertz CT molecular complexity index is 1500. The molecule has 0 saturated carbocycles. The third kappa shape index (κ3) is 4.55. The highest BCUT2D eigenvalue weighted by Gasteiger charge is 2.35. The Morgan fingerprint density at radius 2 is 1.62 bits per heavy atom. The number of pyridine rings is 1. The van der Waals surface area contributed by atoms with Gasteiger partial charge in [0.1, 0.15) is 6.04 Å². The first kappa shape index (κ1) is 25.1. The lowest BCUT2D eigenvalue weighted by Crippen LogP contribution is -2.49. The molecule has 1 N–H and O–H groups in total. The monoisotopic (exact) mass is 499 g/mol. The molecule has 2 aromatic heterocycles. The molecular formula is C29H37N7O. The number of anilines is 1. The molecular weight excluding hydrogens is 462 g/mol. The lowest BCUT2D eigenvalue weighted by Gasteiger charge is -2.40.